The Morgan fingerprint density at radius 2 is 2.27 bits per heavy atom. The highest BCUT2D eigenvalue weighted by Gasteiger charge is 2.02. The van der Waals surface area contributed by atoms with Crippen LogP contribution in [-0.4, -0.2) is 28.5 Å². The molecule has 0 amide bonds. The Bertz CT molecular complexity index is 239. The van der Waals surface area contributed by atoms with Gasteiger partial charge in [0.1, 0.15) is 11.6 Å². The van der Waals surface area contributed by atoms with Crippen LogP contribution in [0.4, 0.5) is 5.82 Å². The molecule has 0 saturated heterocycles. The fourth-order valence-corrected chi connectivity index (χ4v) is 0.959. The second kappa shape index (κ2) is 2.92. The summed E-state index contributed by atoms with van der Waals surface area (Å²) >= 11 is 0. The van der Waals surface area contributed by atoms with Crippen LogP contribution in [0, 0.1) is 0 Å². The maximum Gasteiger partial charge on any atom is 0.141 e. The molecule has 62 valence electrons. The fraction of sp³-hybridized carbons (Fsp3) is 0.571. The van der Waals surface area contributed by atoms with E-state index in [1.807, 2.05) is 31.9 Å². The van der Waals surface area contributed by atoms with E-state index in [2.05, 4.69) is 9.88 Å². The summed E-state index contributed by atoms with van der Waals surface area (Å²) in [5.74, 6) is 1.58. The molecular formula is C7H14N4. The molecule has 0 fully saturated rings. The van der Waals surface area contributed by atoms with Gasteiger partial charge in [0.2, 0.25) is 0 Å². The Labute approximate surface area is 66.6 Å². The van der Waals surface area contributed by atoms with E-state index in [4.69, 9.17) is 5.73 Å². The molecular weight excluding hydrogens is 140 g/mol. The van der Waals surface area contributed by atoms with Crippen LogP contribution >= 0.6 is 0 Å². The van der Waals surface area contributed by atoms with Crippen LogP contribution in [0.1, 0.15) is 5.82 Å². The number of aryl methyl sites for hydroxylation is 1. The van der Waals surface area contributed by atoms with E-state index in [0.717, 1.165) is 12.4 Å². The van der Waals surface area contributed by atoms with Crippen molar-refractivity contribution in [3.05, 3.63) is 12.0 Å². The first kappa shape index (κ1) is 8.07. The third-order valence-corrected chi connectivity index (χ3v) is 1.45. The Hall–Kier alpha value is -1.03. The monoisotopic (exact) mass is 154 g/mol. The lowest BCUT2D eigenvalue weighted by Gasteiger charge is -2.07. The smallest absolute Gasteiger partial charge is 0.141 e. The molecule has 1 aromatic rings. The van der Waals surface area contributed by atoms with Crippen molar-refractivity contribution in [2.75, 3.05) is 19.8 Å². The van der Waals surface area contributed by atoms with E-state index in [9.17, 15) is 0 Å². The van der Waals surface area contributed by atoms with Crippen LogP contribution in [0.2, 0.25) is 0 Å². The quantitative estimate of drug-likeness (QED) is 0.655. The summed E-state index contributed by atoms with van der Waals surface area (Å²) in [6, 6.07) is 0. The molecule has 0 radical (unpaired) electrons. The second-order valence-corrected chi connectivity index (χ2v) is 2.93. The molecule has 4 nitrogen and oxygen atoms in total. The Balaban J connectivity index is 2.77. The van der Waals surface area contributed by atoms with Gasteiger partial charge in [-0.2, -0.15) is 0 Å². The fourth-order valence-electron chi connectivity index (χ4n) is 0.959. The number of hydrogen-bond donors (Lipinski definition) is 1. The van der Waals surface area contributed by atoms with Gasteiger partial charge in [0.25, 0.3) is 0 Å². The Morgan fingerprint density at radius 3 is 2.64 bits per heavy atom. The van der Waals surface area contributed by atoms with Crippen molar-refractivity contribution in [2.24, 2.45) is 7.05 Å². The molecule has 0 aliphatic heterocycles. The van der Waals surface area contributed by atoms with Crippen molar-refractivity contribution >= 4 is 5.82 Å². The van der Waals surface area contributed by atoms with Crippen molar-refractivity contribution in [1.82, 2.24) is 14.5 Å². The molecule has 0 aliphatic rings. The molecule has 1 rings (SSSR count). The first-order valence-corrected chi connectivity index (χ1v) is 3.52. The normalized spacial score (nSPS) is 10.9. The van der Waals surface area contributed by atoms with Gasteiger partial charge < -0.3 is 15.2 Å². The third-order valence-electron chi connectivity index (χ3n) is 1.45. The number of rotatable bonds is 2. The Kier molecular flexibility index (Phi) is 2.14. The number of hydrogen-bond acceptors (Lipinski definition) is 3. The van der Waals surface area contributed by atoms with Gasteiger partial charge in [-0.25, -0.2) is 4.98 Å². The second-order valence-electron chi connectivity index (χ2n) is 2.93. The van der Waals surface area contributed by atoms with Crippen molar-refractivity contribution in [2.45, 2.75) is 6.54 Å². The first-order chi connectivity index (χ1) is 5.09. The van der Waals surface area contributed by atoms with Gasteiger partial charge in [0.15, 0.2) is 0 Å². The minimum absolute atomic E-state index is 0.587. The third kappa shape index (κ3) is 1.94. The first-order valence-electron chi connectivity index (χ1n) is 3.52. The summed E-state index contributed by atoms with van der Waals surface area (Å²) < 4.78 is 1.94. The zero-order valence-corrected chi connectivity index (χ0v) is 7.20. The van der Waals surface area contributed by atoms with Crippen LogP contribution in [-0.2, 0) is 13.6 Å². The predicted molar refractivity (Wildman–Crippen MR) is 45.0 cm³/mol. The minimum atomic E-state index is 0.587. The average Bonchev–Trinajstić information content (AvgIpc) is 2.09. The Morgan fingerprint density at radius 1 is 1.64 bits per heavy atom. The SMILES string of the molecule is CN(C)Cc1nc(N)cn1C. The summed E-state index contributed by atoms with van der Waals surface area (Å²) in [7, 11) is 5.96. The van der Waals surface area contributed by atoms with Crippen molar-refractivity contribution < 1.29 is 0 Å². The van der Waals surface area contributed by atoms with E-state index in [1.54, 1.807) is 0 Å². The van der Waals surface area contributed by atoms with Gasteiger partial charge in [-0.1, -0.05) is 0 Å². The number of nitrogens with zero attached hydrogens (tertiary/aromatic N) is 3. The van der Waals surface area contributed by atoms with Crippen LogP contribution in [0.5, 0.6) is 0 Å². The molecule has 0 atom stereocenters. The molecule has 11 heavy (non-hydrogen) atoms. The minimum Gasteiger partial charge on any atom is -0.382 e. The van der Waals surface area contributed by atoms with Crippen LogP contribution < -0.4 is 5.73 Å². The molecule has 0 unspecified atom stereocenters. The average molecular weight is 154 g/mol. The lowest BCUT2D eigenvalue weighted by atomic mass is 10.5. The van der Waals surface area contributed by atoms with Gasteiger partial charge >= 0.3 is 0 Å². The van der Waals surface area contributed by atoms with E-state index < -0.39 is 0 Å². The summed E-state index contributed by atoms with van der Waals surface area (Å²) in [6.45, 7) is 0.827. The highest BCUT2D eigenvalue weighted by Crippen LogP contribution is 2.03. The molecule has 1 aromatic heterocycles. The van der Waals surface area contributed by atoms with Crippen LogP contribution in [0.3, 0.4) is 0 Å². The largest absolute Gasteiger partial charge is 0.382 e. The van der Waals surface area contributed by atoms with Crippen LogP contribution in [0.25, 0.3) is 0 Å². The number of anilines is 1. The maximum absolute atomic E-state index is 5.50. The van der Waals surface area contributed by atoms with Gasteiger partial charge in [-0.15, -0.1) is 0 Å². The summed E-state index contributed by atoms with van der Waals surface area (Å²) in [6.07, 6.45) is 1.82. The highest BCUT2D eigenvalue weighted by atomic mass is 15.1. The van der Waals surface area contributed by atoms with Crippen molar-refractivity contribution in [3.8, 4) is 0 Å². The number of aromatic nitrogens is 2. The van der Waals surface area contributed by atoms with E-state index >= 15 is 0 Å². The van der Waals surface area contributed by atoms with Crippen molar-refractivity contribution in [3.63, 3.8) is 0 Å². The number of nitrogen functional groups attached to an aromatic ring is 1. The van der Waals surface area contributed by atoms with Gasteiger partial charge in [-0.3, -0.25) is 0 Å². The zero-order chi connectivity index (χ0) is 8.43. The van der Waals surface area contributed by atoms with E-state index in [1.165, 1.54) is 0 Å². The molecule has 2 N–H and O–H groups in total. The highest BCUT2D eigenvalue weighted by molar-refractivity contribution is 5.25. The molecule has 4 heteroatoms. The van der Waals surface area contributed by atoms with E-state index in [0.29, 0.717) is 5.82 Å². The van der Waals surface area contributed by atoms with Crippen molar-refractivity contribution in [1.29, 1.82) is 0 Å². The van der Waals surface area contributed by atoms with Gasteiger partial charge in [0, 0.05) is 13.2 Å². The summed E-state index contributed by atoms with van der Waals surface area (Å²) in [5, 5.41) is 0. The molecule has 0 saturated carbocycles. The topological polar surface area (TPSA) is 47.1 Å². The van der Waals surface area contributed by atoms with Gasteiger partial charge in [-0.05, 0) is 14.1 Å². The number of imidazole rings is 1. The van der Waals surface area contributed by atoms with Crippen LogP contribution in [0.15, 0.2) is 6.20 Å². The predicted octanol–water partition coefficient (Wildman–Crippen LogP) is 0.0639. The lowest BCUT2D eigenvalue weighted by Crippen LogP contribution is -2.14. The molecule has 0 spiro atoms. The summed E-state index contributed by atoms with van der Waals surface area (Å²) in [5.41, 5.74) is 5.50. The molecule has 1 heterocycles. The van der Waals surface area contributed by atoms with E-state index in [-0.39, 0.29) is 0 Å². The molecule has 0 aliphatic carbocycles. The molecule has 0 bridgehead atoms. The number of nitrogens with two attached hydrogens (primary N) is 1. The summed E-state index contributed by atoms with van der Waals surface area (Å²) in [4.78, 5) is 6.21. The zero-order valence-electron chi connectivity index (χ0n) is 7.20. The van der Waals surface area contributed by atoms with Gasteiger partial charge in [0.05, 0.1) is 6.54 Å². The standard InChI is InChI=1S/C7H14N4/c1-10(2)5-7-9-6(8)4-11(7)3/h4H,5,8H2,1-3H3. The lowest BCUT2D eigenvalue weighted by molar-refractivity contribution is 0.385. The molecule has 0 aromatic carbocycles. The maximum atomic E-state index is 5.50.